The summed E-state index contributed by atoms with van der Waals surface area (Å²) < 4.78 is 6.70. The summed E-state index contributed by atoms with van der Waals surface area (Å²) in [6.07, 6.45) is -0.645. The Kier molecular flexibility index (Phi) is 4.57. The fraction of sp³-hybridized carbons (Fsp3) is 0.190. The number of carboxylic acids is 1. The molecule has 0 aliphatic heterocycles. The van der Waals surface area contributed by atoms with E-state index in [0.29, 0.717) is 5.69 Å². The zero-order valence-electron chi connectivity index (χ0n) is 15.3. The van der Waals surface area contributed by atoms with Gasteiger partial charge in [-0.3, -0.25) is 10.1 Å². The minimum atomic E-state index is -1.04. The van der Waals surface area contributed by atoms with Gasteiger partial charge < -0.3 is 9.84 Å². The second-order valence-corrected chi connectivity index (χ2v) is 6.67. The molecule has 0 saturated heterocycles. The minimum absolute atomic E-state index is 0.0381. The number of rotatable bonds is 5. The first-order valence-electron chi connectivity index (χ1n) is 8.91. The summed E-state index contributed by atoms with van der Waals surface area (Å²) in [6.45, 7) is 1.57. The molecule has 7 nitrogen and oxygen atoms in total. The zero-order chi connectivity index (χ0) is 19.7. The third-order valence-corrected chi connectivity index (χ3v) is 4.76. The number of amides is 1. The number of carbonyl (C=O) groups excluding carboxylic acids is 1. The Morgan fingerprint density at radius 1 is 1.11 bits per heavy atom. The molecule has 0 saturated carbocycles. The van der Waals surface area contributed by atoms with Crippen LogP contribution in [0.1, 0.15) is 22.7 Å². The van der Waals surface area contributed by atoms with Gasteiger partial charge >= 0.3 is 12.1 Å². The van der Waals surface area contributed by atoms with E-state index in [0.717, 1.165) is 22.3 Å². The number of aromatic nitrogens is 2. The van der Waals surface area contributed by atoms with Gasteiger partial charge in [0.25, 0.3) is 0 Å². The van der Waals surface area contributed by atoms with Crippen LogP contribution >= 0.6 is 0 Å². The molecule has 1 aliphatic rings. The van der Waals surface area contributed by atoms with Crippen molar-refractivity contribution in [2.45, 2.75) is 19.4 Å². The highest BCUT2D eigenvalue weighted by molar-refractivity contribution is 5.84. The van der Waals surface area contributed by atoms with E-state index in [1.54, 1.807) is 13.0 Å². The summed E-state index contributed by atoms with van der Waals surface area (Å²) in [4.78, 5) is 23.3. The average Bonchev–Trinajstić information content (AvgIpc) is 3.17. The quantitative estimate of drug-likeness (QED) is 0.708. The molecule has 3 aromatic rings. The van der Waals surface area contributed by atoms with Crippen LogP contribution in [-0.4, -0.2) is 33.6 Å². The molecule has 4 rings (SSSR count). The van der Waals surface area contributed by atoms with Crippen molar-refractivity contribution in [3.05, 3.63) is 71.4 Å². The molecule has 1 heterocycles. The number of anilines is 1. The van der Waals surface area contributed by atoms with Crippen molar-refractivity contribution in [1.82, 2.24) is 9.78 Å². The van der Waals surface area contributed by atoms with E-state index in [2.05, 4.69) is 22.5 Å². The van der Waals surface area contributed by atoms with Gasteiger partial charge in [0.1, 0.15) is 19.0 Å². The number of hydrogen-bond donors (Lipinski definition) is 2. The Bertz CT molecular complexity index is 1010. The lowest BCUT2D eigenvalue weighted by atomic mass is 9.98. The molecule has 0 fully saturated rings. The third kappa shape index (κ3) is 3.34. The maximum atomic E-state index is 12.3. The molecule has 1 aromatic heterocycles. The summed E-state index contributed by atoms with van der Waals surface area (Å²) in [5, 5.41) is 15.6. The minimum Gasteiger partial charge on any atom is -0.480 e. The number of carbonyl (C=O) groups is 2. The normalized spacial score (nSPS) is 12.3. The van der Waals surface area contributed by atoms with Crippen LogP contribution in [0.25, 0.3) is 11.1 Å². The van der Waals surface area contributed by atoms with Crippen LogP contribution in [0, 0.1) is 6.92 Å². The SMILES string of the molecule is Cc1cc(NC(=O)OCC2c3ccccc3-c3ccccc32)n(CC(=O)O)n1. The van der Waals surface area contributed by atoms with Crippen molar-refractivity contribution in [2.75, 3.05) is 11.9 Å². The fourth-order valence-electron chi connectivity index (χ4n) is 3.63. The van der Waals surface area contributed by atoms with Crippen molar-refractivity contribution in [1.29, 1.82) is 0 Å². The van der Waals surface area contributed by atoms with E-state index in [9.17, 15) is 9.59 Å². The first-order valence-corrected chi connectivity index (χ1v) is 8.91. The first-order chi connectivity index (χ1) is 13.5. The van der Waals surface area contributed by atoms with E-state index in [-0.39, 0.29) is 24.9 Å². The second kappa shape index (κ2) is 7.19. The standard InChI is InChI=1S/C21H19N3O4/c1-13-10-19(24(23-13)11-20(25)26)22-21(27)28-12-18-16-8-4-2-6-14(16)15-7-3-5-9-17(15)18/h2-10,18H,11-12H2,1H3,(H,22,27)(H,25,26). The molecule has 1 aliphatic carbocycles. The largest absolute Gasteiger partial charge is 0.480 e. The van der Waals surface area contributed by atoms with Crippen LogP contribution in [0.15, 0.2) is 54.6 Å². The number of nitrogens with zero attached hydrogens (tertiary/aromatic N) is 2. The molecule has 2 aromatic carbocycles. The van der Waals surface area contributed by atoms with Crippen molar-refractivity contribution < 1.29 is 19.4 Å². The molecular formula is C21H19N3O4. The number of carboxylic acid groups (broad SMARTS) is 1. The summed E-state index contributed by atoms with van der Waals surface area (Å²) in [7, 11) is 0. The molecule has 0 radical (unpaired) electrons. The van der Waals surface area contributed by atoms with Gasteiger partial charge in [0, 0.05) is 12.0 Å². The maximum Gasteiger partial charge on any atom is 0.412 e. The molecular weight excluding hydrogens is 358 g/mol. The fourth-order valence-corrected chi connectivity index (χ4v) is 3.63. The highest BCUT2D eigenvalue weighted by atomic mass is 16.5. The summed E-state index contributed by atoms with van der Waals surface area (Å²) in [6, 6.07) is 17.8. The van der Waals surface area contributed by atoms with Gasteiger partial charge in [-0.25, -0.2) is 9.48 Å². The number of ether oxygens (including phenoxy) is 1. The molecule has 7 heteroatoms. The molecule has 2 N–H and O–H groups in total. The van der Waals surface area contributed by atoms with E-state index in [1.165, 1.54) is 4.68 Å². The number of hydrogen-bond acceptors (Lipinski definition) is 4. The number of aryl methyl sites for hydroxylation is 1. The van der Waals surface area contributed by atoms with E-state index in [1.807, 2.05) is 36.4 Å². The van der Waals surface area contributed by atoms with Gasteiger partial charge in [-0.15, -0.1) is 0 Å². The number of fused-ring (bicyclic) bond motifs is 3. The summed E-state index contributed by atoms with van der Waals surface area (Å²) in [5.41, 5.74) is 5.17. The van der Waals surface area contributed by atoms with Crippen molar-refractivity contribution in [3.8, 4) is 11.1 Å². The lowest BCUT2D eigenvalue weighted by Gasteiger charge is -2.14. The first kappa shape index (κ1) is 17.8. The van der Waals surface area contributed by atoms with E-state index < -0.39 is 12.1 Å². The van der Waals surface area contributed by atoms with Gasteiger partial charge in [0.2, 0.25) is 0 Å². The van der Waals surface area contributed by atoms with Gasteiger partial charge in [-0.2, -0.15) is 5.10 Å². The lowest BCUT2D eigenvalue weighted by Crippen LogP contribution is -2.21. The summed E-state index contributed by atoms with van der Waals surface area (Å²) in [5.74, 6) is -0.792. The van der Waals surface area contributed by atoms with E-state index in [4.69, 9.17) is 9.84 Å². The van der Waals surface area contributed by atoms with Gasteiger partial charge in [-0.05, 0) is 29.2 Å². The highest BCUT2D eigenvalue weighted by Crippen LogP contribution is 2.44. The highest BCUT2D eigenvalue weighted by Gasteiger charge is 2.29. The van der Waals surface area contributed by atoms with Crippen molar-refractivity contribution in [2.24, 2.45) is 0 Å². The Labute approximate surface area is 161 Å². The molecule has 1 amide bonds. The predicted octanol–water partition coefficient (Wildman–Crippen LogP) is 3.64. The van der Waals surface area contributed by atoms with Crippen molar-refractivity contribution >= 4 is 17.9 Å². The van der Waals surface area contributed by atoms with Crippen LogP contribution in [0.4, 0.5) is 10.6 Å². The van der Waals surface area contributed by atoms with Crippen molar-refractivity contribution in [3.63, 3.8) is 0 Å². The molecule has 0 unspecified atom stereocenters. The molecule has 0 spiro atoms. The third-order valence-electron chi connectivity index (χ3n) is 4.76. The Hall–Kier alpha value is -3.61. The van der Waals surface area contributed by atoms with Gasteiger partial charge in [0.15, 0.2) is 0 Å². The Balaban J connectivity index is 1.48. The number of aliphatic carboxylic acids is 1. The number of nitrogens with one attached hydrogen (secondary N) is 1. The molecule has 28 heavy (non-hydrogen) atoms. The van der Waals surface area contributed by atoms with Crippen LogP contribution in [0.3, 0.4) is 0 Å². The number of benzene rings is 2. The van der Waals surface area contributed by atoms with Gasteiger partial charge in [0.05, 0.1) is 5.69 Å². The monoisotopic (exact) mass is 377 g/mol. The average molecular weight is 377 g/mol. The summed E-state index contributed by atoms with van der Waals surface area (Å²) >= 11 is 0. The Morgan fingerprint density at radius 3 is 2.32 bits per heavy atom. The molecule has 142 valence electrons. The maximum absolute atomic E-state index is 12.3. The second-order valence-electron chi connectivity index (χ2n) is 6.67. The van der Waals surface area contributed by atoms with Crippen LogP contribution in [-0.2, 0) is 16.1 Å². The van der Waals surface area contributed by atoms with Crippen LogP contribution in [0.2, 0.25) is 0 Å². The predicted molar refractivity (Wildman–Crippen MR) is 103 cm³/mol. The van der Waals surface area contributed by atoms with Gasteiger partial charge in [-0.1, -0.05) is 48.5 Å². The molecule has 0 atom stereocenters. The zero-order valence-corrected chi connectivity index (χ0v) is 15.3. The van der Waals surface area contributed by atoms with E-state index >= 15 is 0 Å². The lowest BCUT2D eigenvalue weighted by molar-refractivity contribution is -0.137. The molecule has 0 bridgehead atoms. The topological polar surface area (TPSA) is 93.5 Å². The Morgan fingerprint density at radius 2 is 1.71 bits per heavy atom. The van der Waals surface area contributed by atoms with Crippen LogP contribution in [0.5, 0.6) is 0 Å². The van der Waals surface area contributed by atoms with Crippen LogP contribution < -0.4 is 5.32 Å². The smallest absolute Gasteiger partial charge is 0.412 e.